The van der Waals surface area contributed by atoms with Crippen molar-refractivity contribution in [2.24, 2.45) is 17.8 Å². The summed E-state index contributed by atoms with van der Waals surface area (Å²) < 4.78 is 10.0. The summed E-state index contributed by atoms with van der Waals surface area (Å²) in [7, 11) is 0. The lowest BCUT2D eigenvalue weighted by molar-refractivity contribution is -0.123. The Morgan fingerprint density at radius 3 is 2.32 bits per heavy atom. The molecule has 2 N–H and O–H groups in total. The van der Waals surface area contributed by atoms with Crippen LogP contribution in [-0.2, 0) is 16.0 Å². The van der Waals surface area contributed by atoms with E-state index < -0.39 is 24.5 Å². The third kappa shape index (κ3) is 3.64. The maximum atomic E-state index is 12.4. The van der Waals surface area contributed by atoms with Crippen LogP contribution in [0, 0.1) is 24.7 Å². The Bertz CT molecular complexity index is 764. The third-order valence-corrected chi connectivity index (χ3v) is 6.48. The highest BCUT2D eigenvalue weighted by molar-refractivity contribution is 5.97. The standard InChI is InChI=1S/C20H27N3O5/c1-3-15-17(11(2)28-23-15)18(25)27-10-16(24)21-19(26)22-20-7-12-4-13(8-20)6-14(5-12)9-20/h12-14H,3-10H2,1-2H3,(H2,21,22,24,26). The molecule has 0 saturated heterocycles. The summed E-state index contributed by atoms with van der Waals surface area (Å²) in [6.07, 6.45) is 7.35. The first-order valence-corrected chi connectivity index (χ1v) is 10.1. The van der Waals surface area contributed by atoms with Gasteiger partial charge < -0.3 is 14.6 Å². The molecule has 0 aromatic carbocycles. The maximum absolute atomic E-state index is 12.4. The van der Waals surface area contributed by atoms with E-state index in [-0.39, 0.29) is 11.1 Å². The largest absolute Gasteiger partial charge is 0.452 e. The average molecular weight is 389 g/mol. The molecular weight excluding hydrogens is 362 g/mol. The van der Waals surface area contributed by atoms with Crippen molar-refractivity contribution in [1.29, 1.82) is 0 Å². The summed E-state index contributed by atoms with van der Waals surface area (Å²) in [5, 5.41) is 9.15. The van der Waals surface area contributed by atoms with Gasteiger partial charge in [-0.2, -0.15) is 0 Å². The second kappa shape index (κ2) is 7.22. The number of rotatable bonds is 5. The van der Waals surface area contributed by atoms with Crippen LogP contribution in [0.15, 0.2) is 4.52 Å². The molecule has 0 aliphatic heterocycles. The molecule has 1 aromatic heterocycles. The van der Waals surface area contributed by atoms with Gasteiger partial charge in [0.25, 0.3) is 5.91 Å². The lowest BCUT2D eigenvalue weighted by Crippen LogP contribution is -2.62. The molecule has 4 fully saturated rings. The van der Waals surface area contributed by atoms with Crippen LogP contribution in [0.4, 0.5) is 4.79 Å². The minimum Gasteiger partial charge on any atom is -0.452 e. The fraction of sp³-hybridized carbons (Fsp3) is 0.700. The highest BCUT2D eigenvalue weighted by atomic mass is 16.5. The number of carbonyl (C=O) groups is 3. The van der Waals surface area contributed by atoms with Crippen molar-refractivity contribution in [3.8, 4) is 0 Å². The number of urea groups is 1. The van der Waals surface area contributed by atoms with Crippen molar-refractivity contribution in [1.82, 2.24) is 15.8 Å². The van der Waals surface area contributed by atoms with Gasteiger partial charge in [-0.05, 0) is 69.6 Å². The zero-order valence-corrected chi connectivity index (χ0v) is 16.4. The van der Waals surface area contributed by atoms with Gasteiger partial charge in [0, 0.05) is 5.54 Å². The molecule has 5 rings (SSSR count). The quantitative estimate of drug-likeness (QED) is 0.749. The van der Waals surface area contributed by atoms with E-state index in [1.165, 1.54) is 19.3 Å². The topological polar surface area (TPSA) is 111 Å². The van der Waals surface area contributed by atoms with Crippen molar-refractivity contribution in [3.05, 3.63) is 17.0 Å². The fourth-order valence-electron chi connectivity index (χ4n) is 5.82. The SMILES string of the molecule is CCc1noc(C)c1C(=O)OCC(=O)NC(=O)NC12CC3CC(CC(C3)C1)C2. The summed E-state index contributed by atoms with van der Waals surface area (Å²) in [5.74, 6) is 1.12. The van der Waals surface area contributed by atoms with Gasteiger partial charge in [-0.25, -0.2) is 9.59 Å². The molecule has 4 saturated carbocycles. The lowest BCUT2D eigenvalue weighted by atomic mass is 9.53. The molecule has 0 unspecified atom stereocenters. The van der Waals surface area contributed by atoms with Crippen LogP contribution >= 0.6 is 0 Å². The summed E-state index contributed by atoms with van der Waals surface area (Å²) >= 11 is 0. The van der Waals surface area contributed by atoms with E-state index in [2.05, 4.69) is 15.8 Å². The zero-order valence-electron chi connectivity index (χ0n) is 16.4. The Kier molecular flexibility index (Phi) is 4.89. The van der Waals surface area contributed by atoms with Crippen molar-refractivity contribution in [3.63, 3.8) is 0 Å². The van der Waals surface area contributed by atoms with Crippen LogP contribution in [0.3, 0.4) is 0 Å². The van der Waals surface area contributed by atoms with Crippen LogP contribution in [-0.4, -0.2) is 35.2 Å². The number of nitrogens with zero attached hydrogens (tertiary/aromatic N) is 1. The number of aromatic nitrogens is 1. The third-order valence-electron chi connectivity index (χ3n) is 6.48. The molecule has 0 atom stereocenters. The second-order valence-corrected chi connectivity index (χ2v) is 8.69. The van der Waals surface area contributed by atoms with Crippen LogP contribution in [0.25, 0.3) is 0 Å². The number of amides is 3. The maximum Gasteiger partial charge on any atom is 0.344 e. The predicted octanol–water partition coefficient (Wildman–Crippen LogP) is 2.50. The van der Waals surface area contributed by atoms with Crippen molar-refractivity contribution >= 4 is 17.9 Å². The highest BCUT2D eigenvalue weighted by Gasteiger charge is 2.51. The molecule has 0 radical (unpaired) electrons. The Labute approximate surface area is 163 Å². The van der Waals surface area contributed by atoms with Crippen molar-refractivity contribution in [2.45, 2.75) is 64.3 Å². The van der Waals surface area contributed by atoms with Gasteiger partial charge in [0.1, 0.15) is 11.3 Å². The van der Waals surface area contributed by atoms with Gasteiger partial charge in [-0.15, -0.1) is 0 Å². The molecular formula is C20H27N3O5. The second-order valence-electron chi connectivity index (χ2n) is 8.69. The summed E-state index contributed by atoms with van der Waals surface area (Å²) in [6.45, 7) is 2.93. The van der Waals surface area contributed by atoms with Crippen LogP contribution < -0.4 is 10.6 Å². The normalized spacial score (nSPS) is 30.1. The summed E-state index contributed by atoms with van der Waals surface area (Å²) in [4.78, 5) is 36.6. The molecule has 0 spiro atoms. The van der Waals surface area contributed by atoms with Gasteiger partial charge in [0.2, 0.25) is 0 Å². The number of aryl methyl sites for hydroxylation is 2. The Balaban J connectivity index is 1.28. The van der Waals surface area contributed by atoms with Crippen molar-refractivity contribution in [2.75, 3.05) is 6.61 Å². The van der Waals surface area contributed by atoms with Crippen LogP contribution in [0.2, 0.25) is 0 Å². The molecule has 1 heterocycles. The number of imide groups is 1. The molecule has 3 amide bonds. The minimum absolute atomic E-state index is 0.175. The van der Waals surface area contributed by atoms with Gasteiger partial charge in [-0.1, -0.05) is 12.1 Å². The van der Waals surface area contributed by atoms with Gasteiger partial charge >= 0.3 is 12.0 Å². The number of hydrogen-bond acceptors (Lipinski definition) is 6. The van der Waals surface area contributed by atoms with Gasteiger partial charge in [0.15, 0.2) is 6.61 Å². The number of nitrogens with one attached hydrogen (secondary N) is 2. The Hall–Kier alpha value is -2.38. The number of hydrogen-bond donors (Lipinski definition) is 2. The van der Waals surface area contributed by atoms with E-state index >= 15 is 0 Å². The first kappa shape index (κ1) is 19.0. The van der Waals surface area contributed by atoms with Crippen LogP contribution in [0.5, 0.6) is 0 Å². The minimum atomic E-state index is -0.674. The molecule has 4 aliphatic rings. The van der Waals surface area contributed by atoms with E-state index in [0.717, 1.165) is 19.3 Å². The highest BCUT2D eigenvalue weighted by Crippen LogP contribution is 2.55. The average Bonchev–Trinajstić information content (AvgIpc) is 2.98. The molecule has 1 aromatic rings. The molecule has 152 valence electrons. The Morgan fingerprint density at radius 1 is 1.14 bits per heavy atom. The number of ether oxygens (including phenoxy) is 1. The van der Waals surface area contributed by atoms with E-state index in [1.54, 1.807) is 6.92 Å². The molecule has 28 heavy (non-hydrogen) atoms. The van der Waals surface area contributed by atoms with Crippen LogP contribution in [0.1, 0.15) is 67.3 Å². The lowest BCUT2D eigenvalue weighted by Gasteiger charge is -2.56. The molecule has 8 heteroatoms. The number of esters is 1. The summed E-state index contributed by atoms with van der Waals surface area (Å²) in [5.41, 5.74) is 0.557. The fourth-order valence-corrected chi connectivity index (χ4v) is 5.82. The van der Waals surface area contributed by atoms with E-state index in [0.29, 0.717) is 35.6 Å². The first-order valence-electron chi connectivity index (χ1n) is 10.1. The monoisotopic (exact) mass is 389 g/mol. The van der Waals surface area contributed by atoms with Gasteiger partial charge in [-0.3, -0.25) is 10.1 Å². The van der Waals surface area contributed by atoms with Crippen molar-refractivity contribution < 1.29 is 23.6 Å². The van der Waals surface area contributed by atoms with Gasteiger partial charge in [0.05, 0.1) is 5.69 Å². The number of carbonyl (C=O) groups excluding carboxylic acids is 3. The first-order chi connectivity index (χ1) is 13.4. The molecule has 8 nitrogen and oxygen atoms in total. The predicted molar refractivity (Wildman–Crippen MR) is 98.5 cm³/mol. The van der Waals surface area contributed by atoms with E-state index in [4.69, 9.17) is 9.26 Å². The smallest absolute Gasteiger partial charge is 0.344 e. The van der Waals surface area contributed by atoms with E-state index in [9.17, 15) is 14.4 Å². The Morgan fingerprint density at radius 2 is 1.75 bits per heavy atom. The van der Waals surface area contributed by atoms with E-state index in [1.807, 2.05) is 6.92 Å². The molecule has 4 bridgehead atoms. The summed E-state index contributed by atoms with van der Waals surface area (Å²) in [6, 6.07) is -0.501. The molecule has 4 aliphatic carbocycles. The zero-order chi connectivity index (χ0) is 19.9.